The summed E-state index contributed by atoms with van der Waals surface area (Å²) in [6.07, 6.45) is -0.315. The average molecular weight is 417 g/mol. The van der Waals surface area contributed by atoms with E-state index in [1.54, 1.807) is 11.7 Å². The van der Waals surface area contributed by atoms with Gasteiger partial charge in [0.25, 0.3) is 0 Å². The van der Waals surface area contributed by atoms with Gasteiger partial charge >= 0.3 is 0 Å². The molecule has 0 saturated carbocycles. The van der Waals surface area contributed by atoms with Crippen molar-refractivity contribution in [3.8, 4) is 5.75 Å². The van der Waals surface area contributed by atoms with Crippen LogP contribution in [0.1, 0.15) is 43.8 Å². The molecule has 0 aliphatic rings. The van der Waals surface area contributed by atoms with Crippen molar-refractivity contribution in [2.75, 3.05) is 6.61 Å². The molecule has 1 aromatic carbocycles. The van der Waals surface area contributed by atoms with E-state index < -0.39 is 17.7 Å². The fourth-order valence-corrected chi connectivity index (χ4v) is 2.93. The van der Waals surface area contributed by atoms with Gasteiger partial charge in [-0.3, -0.25) is 4.68 Å². The number of ether oxygens (including phenoxy) is 1. The van der Waals surface area contributed by atoms with Crippen LogP contribution in [-0.2, 0) is 13.5 Å². The Morgan fingerprint density at radius 2 is 1.96 bits per heavy atom. The molecule has 2 aromatic rings. The first-order chi connectivity index (χ1) is 11.5. The predicted octanol–water partition coefficient (Wildman–Crippen LogP) is 4.47. The number of hydrogen-bond acceptors (Lipinski definition) is 3. The van der Waals surface area contributed by atoms with Crippen molar-refractivity contribution in [3.63, 3.8) is 0 Å². The Hall–Kier alpha value is -1.47. The molecule has 7 heteroatoms. The molecule has 0 aliphatic carbocycles. The Morgan fingerprint density at radius 1 is 1.32 bits per heavy atom. The summed E-state index contributed by atoms with van der Waals surface area (Å²) < 4.78 is 34.7. The third kappa shape index (κ3) is 4.20. The van der Waals surface area contributed by atoms with Gasteiger partial charge in [-0.25, -0.2) is 4.39 Å². The van der Waals surface area contributed by atoms with E-state index in [1.165, 1.54) is 6.07 Å². The zero-order valence-corrected chi connectivity index (χ0v) is 16.6. The van der Waals surface area contributed by atoms with Gasteiger partial charge in [0.2, 0.25) is 5.82 Å². The van der Waals surface area contributed by atoms with Crippen LogP contribution < -0.4 is 4.74 Å². The van der Waals surface area contributed by atoms with Gasteiger partial charge in [0, 0.05) is 24.7 Å². The van der Waals surface area contributed by atoms with Crippen molar-refractivity contribution in [3.05, 3.63) is 45.2 Å². The molecule has 2 rings (SSSR count). The fourth-order valence-electron chi connectivity index (χ4n) is 2.51. The molecule has 0 aliphatic heterocycles. The number of aliphatic hydroxyl groups excluding tert-OH is 1. The monoisotopic (exact) mass is 416 g/mol. The van der Waals surface area contributed by atoms with E-state index in [-0.39, 0.29) is 17.8 Å². The molecule has 1 atom stereocenters. The molecule has 0 radical (unpaired) electrons. The summed E-state index contributed by atoms with van der Waals surface area (Å²) in [6, 6.07) is 2.44. The molecule has 0 saturated heterocycles. The SMILES string of the molecule is Cc1c(CCOc2c(Br)ccc(F)c2F)c(C(O)C(C)(C)C)nn1C. The molecule has 4 nitrogen and oxygen atoms in total. The number of halogens is 3. The number of rotatable bonds is 5. The van der Waals surface area contributed by atoms with Gasteiger partial charge in [0.15, 0.2) is 11.6 Å². The van der Waals surface area contributed by atoms with E-state index in [9.17, 15) is 13.9 Å². The van der Waals surface area contributed by atoms with Crippen molar-refractivity contribution in [1.82, 2.24) is 9.78 Å². The Labute approximate surface area is 154 Å². The van der Waals surface area contributed by atoms with Crippen LogP contribution in [0.3, 0.4) is 0 Å². The standard InChI is InChI=1S/C18H23BrF2N2O2/c1-10-11(15(22-23(10)5)17(24)18(2,3)4)8-9-25-16-12(19)6-7-13(20)14(16)21/h6-7,17,24H,8-9H2,1-5H3. The summed E-state index contributed by atoms with van der Waals surface area (Å²) in [4.78, 5) is 0. The first-order valence-corrected chi connectivity index (χ1v) is 8.80. The van der Waals surface area contributed by atoms with Crippen LogP contribution in [0.2, 0.25) is 0 Å². The summed E-state index contributed by atoms with van der Waals surface area (Å²) in [6.45, 7) is 7.83. The van der Waals surface area contributed by atoms with E-state index in [0.29, 0.717) is 16.6 Å². The lowest BCUT2D eigenvalue weighted by atomic mass is 9.85. The highest BCUT2D eigenvalue weighted by molar-refractivity contribution is 9.10. The molecule has 0 bridgehead atoms. The van der Waals surface area contributed by atoms with Gasteiger partial charge in [0.05, 0.1) is 16.8 Å². The normalized spacial score (nSPS) is 13.2. The van der Waals surface area contributed by atoms with E-state index in [1.807, 2.05) is 27.7 Å². The Morgan fingerprint density at radius 3 is 2.56 bits per heavy atom. The lowest BCUT2D eigenvalue weighted by molar-refractivity contribution is 0.0575. The van der Waals surface area contributed by atoms with E-state index in [4.69, 9.17) is 4.74 Å². The maximum Gasteiger partial charge on any atom is 0.201 e. The second kappa shape index (κ2) is 7.41. The van der Waals surface area contributed by atoms with Crippen molar-refractivity contribution >= 4 is 15.9 Å². The maximum atomic E-state index is 13.8. The Kier molecular flexibility index (Phi) is 5.89. The number of aryl methyl sites for hydroxylation is 1. The van der Waals surface area contributed by atoms with E-state index in [2.05, 4.69) is 21.0 Å². The maximum absolute atomic E-state index is 13.8. The van der Waals surface area contributed by atoms with Crippen LogP contribution in [0.5, 0.6) is 5.75 Å². The zero-order chi connectivity index (χ0) is 18.9. The summed E-state index contributed by atoms with van der Waals surface area (Å²) in [5.74, 6) is -2.13. The molecular weight excluding hydrogens is 394 g/mol. The first kappa shape index (κ1) is 19.8. The second-order valence-corrected chi connectivity index (χ2v) is 7.97. The largest absolute Gasteiger partial charge is 0.489 e. The highest BCUT2D eigenvalue weighted by Gasteiger charge is 2.29. The van der Waals surface area contributed by atoms with E-state index in [0.717, 1.165) is 17.3 Å². The fraction of sp³-hybridized carbons (Fsp3) is 0.500. The Bertz CT molecular complexity index is 769. The second-order valence-electron chi connectivity index (χ2n) is 7.11. The van der Waals surface area contributed by atoms with Crippen LogP contribution >= 0.6 is 15.9 Å². The van der Waals surface area contributed by atoms with E-state index >= 15 is 0 Å². The molecular formula is C18H23BrF2N2O2. The van der Waals surface area contributed by atoms with Crippen LogP contribution in [0.25, 0.3) is 0 Å². The van der Waals surface area contributed by atoms with Gasteiger partial charge < -0.3 is 9.84 Å². The topological polar surface area (TPSA) is 47.3 Å². The van der Waals surface area contributed by atoms with Crippen LogP contribution in [0, 0.1) is 24.0 Å². The predicted molar refractivity (Wildman–Crippen MR) is 95.6 cm³/mol. The molecule has 0 fully saturated rings. The van der Waals surface area contributed by atoms with Gasteiger partial charge in [-0.05, 0) is 40.4 Å². The zero-order valence-electron chi connectivity index (χ0n) is 15.0. The minimum atomic E-state index is -1.02. The highest BCUT2D eigenvalue weighted by Crippen LogP contribution is 2.35. The highest BCUT2D eigenvalue weighted by atomic mass is 79.9. The minimum Gasteiger partial charge on any atom is -0.489 e. The molecule has 1 heterocycles. The molecule has 1 unspecified atom stereocenters. The summed E-state index contributed by atoms with van der Waals surface area (Å²) >= 11 is 3.16. The molecule has 1 N–H and O–H groups in total. The van der Waals surface area contributed by atoms with Gasteiger partial charge in [-0.15, -0.1) is 0 Å². The van der Waals surface area contributed by atoms with Crippen molar-refractivity contribution in [2.45, 2.75) is 40.2 Å². The summed E-state index contributed by atoms with van der Waals surface area (Å²) in [5, 5.41) is 15.0. The number of nitrogens with zero attached hydrogens (tertiary/aromatic N) is 2. The molecule has 0 amide bonds. The summed E-state index contributed by atoms with van der Waals surface area (Å²) in [7, 11) is 1.81. The third-order valence-corrected chi connectivity index (χ3v) is 4.79. The van der Waals surface area contributed by atoms with Crippen LogP contribution in [-0.4, -0.2) is 21.5 Å². The van der Waals surface area contributed by atoms with Gasteiger partial charge in [-0.2, -0.15) is 9.49 Å². The smallest absolute Gasteiger partial charge is 0.201 e. The lowest BCUT2D eigenvalue weighted by Crippen LogP contribution is -2.20. The number of benzene rings is 1. The Balaban J connectivity index is 2.21. The first-order valence-electron chi connectivity index (χ1n) is 8.00. The number of aromatic nitrogens is 2. The van der Waals surface area contributed by atoms with Gasteiger partial charge in [-0.1, -0.05) is 20.8 Å². The number of aliphatic hydroxyl groups is 1. The molecule has 138 valence electrons. The quantitative estimate of drug-likeness (QED) is 0.731. The summed E-state index contributed by atoms with van der Waals surface area (Å²) in [5.41, 5.74) is 1.99. The van der Waals surface area contributed by atoms with Crippen LogP contribution in [0.15, 0.2) is 16.6 Å². The average Bonchev–Trinajstić information content (AvgIpc) is 2.80. The molecule has 1 aromatic heterocycles. The van der Waals surface area contributed by atoms with Crippen LogP contribution in [0.4, 0.5) is 8.78 Å². The van der Waals surface area contributed by atoms with Gasteiger partial charge in [0.1, 0.15) is 6.10 Å². The third-order valence-electron chi connectivity index (χ3n) is 4.17. The lowest BCUT2D eigenvalue weighted by Gasteiger charge is -2.25. The minimum absolute atomic E-state index is 0.134. The molecule has 25 heavy (non-hydrogen) atoms. The van der Waals surface area contributed by atoms with Crippen molar-refractivity contribution < 1.29 is 18.6 Å². The van der Waals surface area contributed by atoms with Crippen molar-refractivity contribution in [2.24, 2.45) is 12.5 Å². The number of hydrogen-bond donors (Lipinski definition) is 1. The molecule has 0 spiro atoms. The van der Waals surface area contributed by atoms with Crippen molar-refractivity contribution in [1.29, 1.82) is 0 Å².